The molecule has 0 aliphatic carbocycles. The fourth-order valence-corrected chi connectivity index (χ4v) is 2.94. The van der Waals surface area contributed by atoms with Crippen LogP contribution in [0.2, 0.25) is 0 Å². The van der Waals surface area contributed by atoms with Crippen molar-refractivity contribution in [3.63, 3.8) is 0 Å². The average molecular weight is 306 g/mol. The zero-order valence-corrected chi connectivity index (χ0v) is 13.6. The number of Topliss-reactive ketones (excluding diaryl/α,β-unsaturated/α-hetero) is 1. The van der Waals surface area contributed by atoms with Crippen molar-refractivity contribution in [2.45, 2.75) is 70.6 Å². The molecule has 122 valence electrons. The molecule has 1 aliphatic rings. The first kappa shape index (κ1) is 17.1. The number of benzene rings is 1. The highest BCUT2D eigenvalue weighted by Crippen LogP contribution is 2.30. The van der Waals surface area contributed by atoms with Gasteiger partial charge in [-0.1, -0.05) is 37.3 Å². The van der Waals surface area contributed by atoms with Gasteiger partial charge in [0.1, 0.15) is 5.78 Å². The van der Waals surface area contributed by atoms with E-state index in [0.717, 1.165) is 18.4 Å². The van der Waals surface area contributed by atoms with Crippen molar-refractivity contribution in [1.82, 2.24) is 0 Å². The Kier molecular flexibility index (Phi) is 5.73. The molecule has 2 rings (SSSR count). The summed E-state index contributed by atoms with van der Waals surface area (Å²) in [6.45, 7) is 5.83. The van der Waals surface area contributed by atoms with Crippen molar-refractivity contribution in [3.05, 3.63) is 35.9 Å². The van der Waals surface area contributed by atoms with E-state index in [2.05, 4.69) is 6.92 Å². The summed E-state index contributed by atoms with van der Waals surface area (Å²) < 4.78 is 11.6. The molecule has 1 N–H and O–H groups in total. The largest absolute Gasteiger partial charge is 0.388 e. The van der Waals surface area contributed by atoms with Gasteiger partial charge in [0.25, 0.3) is 0 Å². The van der Waals surface area contributed by atoms with Crippen molar-refractivity contribution >= 4 is 5.78 Å². The van der Waals surface area contributed by atoms with Gasteiger partial charge < -0.3 is 14.6 Å². The predicted molar refractivity (Wildman–Crippen MR) is 84.4 cm³/mol. The van der Waals surface area contributed by atoms with E-state index < -0.39 is 11.9 Å². The summed E-state index contributed by atoms with van der Waals surface area (Å²) in [4.78, 5) is 12.2. The Labute approximate surface area is 132 Å². The summed E-state index contributed by atoms with van der Waals surface area (Å²) in [7, 11) is 0. The summed E-state index contributed by atoms with van der Waals surface area (Å²) in [5, 5.41) is 10.1. The second-order valence-corrected chi connectivity index (χ2v) is 6.40. The van der Waals surface area contributed by atoms with E-state index in [1.165, 1.54) is 0 Å². The van der Waals surface area contributed by atoms with Crippen LogP contribution in [0, 0.1) is 0 Å². The maximum Gasteiger partial charge on any atom is 0.163 e. The molecule has 1 heterocycles. The maximum absolute atomic E-state index is 12.2. The van der Waals surface area contributed by atoms with Crippen molar-refractivity contribution in [2.24, 2.45) is 0 Å². The minimum Gasteiger partial charge on any atom is -0.388 e. The fourth-order valence-electron chi connectivity index (χ4n) is 2.94. The molecule has 0 radical (unpaired) electrons. The molecule has 0 unspecified atom stereocenters. The second kappa shape index (κ2) is 7.36. The molecule has 4 nitrogen and oxygen atoms in total. The van der Waals surface area contributed by atoms with E-state index in [0.29, 0.717) is 6.42 Å². The number of ketones is 1. The molecule has 4 heteroatoms. The molecule has 1 aromatic rings. The lowest BCUT2D eigenvalue weighted by molar-refractivity contribution is -0.299. The van der Waals surface area contributed by atoms with E-state index >= 15 is 0 Å². The summed E-state index contributed by atoms with van der Waals surface area (Å²) >= 11 is 0. The third-order valence-corrected chi connectivity index (χ3v) is 3.94. The van der Waals surface area contributed by atoms with Crippen LogP contribution >= 0.6 is 0 Å². The molecular weight excluding hydrogens is 280 g/mol. The Balaban J connectivity index is 1.88. The minimum atomic E-state index is -0.747. The van der Waals surface area contributed by atoms with Crippen LogP contribution in [0.4, 0.5) is 0 Å². The average Bonchev–Trinajstić information content (AvgIpc) is 2.46. The quantitative estimate of drug-likeness (QED) is 0.875. The summed E-state index contributed by atoms with van der Waals surface area (Å²) in [5.41, 5.74) is 0.774. The van der Waals surface area contributed by atoms with Gasteiger partial charge in [0.05, 0.1) is 18.3 Å². The van der Waals surface area contributed by atoms with Crippen LogP contribution in [0.3, 0.4) is 0 Å². The molecular formula is C18H26O4. The third-order valence-electron chi connectivity index (χ3n) is 3.94. The van der Waals surface area contributed by atoms with Crippen molar-refractivity contribution in [2.75, 3.05) is 0 Å². The van der Waals surface area contributed by atoms with Crippen LogP contribution in [0.5, 0.6) is 0 Å². The number of aliphatic hydroxyl groups excluding tert-OH is 1. The van der Waals surface area contributed by atoms with Crippen molar-refractivity contribution < 1.29 is 19.4 Å². The van der Waals surface area contributed by atoms with Crippen molar-refractivity contribution in [1.29, 1.82) is 0 Å². The Morgan fingerprint density at radius 1 is 1.27 bits per heavy atom. The first-order valence-corrected chi connectivity index (χ1v) is 8.00. The zero-order chi connectivity index (χ0) is 16.2. The van der Waals surface area contributed by atoms with Gasteiger partial charge in [0.2, 0.25) is 0 Å². The summed E-state index contributed by atoms with van der Waals surface area (Å²) in [5.74, 6) is -0.629. The van der Waals surface area contributed by atoms with Gasteiger partial charge in [0.15, 0.2) is 5.79 Å². The van der Waals surface area contributed by atoms with Crippen LogP contribution in [0.15, 0.2) is 30.3 Å². The minimum absolute atomic E-state index is 0.0221. The Morgan fingerprint density at radius 2 is 1.91 bits per heavy atom. The van der Waals surface area contributed by atoms with Gasteiger partial charge in [-0.25, -0.2) is 0 Å². The zero-order valence-electron chi connectivity index (χ0n) is 13.6. The molecule has 0 spiro atoms. The van der Waals surface area contributed by atoms with Crippen LogP contribution < -0.4 is 0 Å². The van der Waals surface area contributed by atoms with Crippen LogP contribution in [-0.2, 0) is 14.3 Å². The maximum atomic E-state index is 12.2. The fraction of sp³-hybridized carbons (Fsp3) is 0.611. The molecule has 0 bridgehead atoms. The topological polar surface area (TPSA) is 55.8 Å². The summed E-state index contributed by atoms with van der Waals surface area (Å²) in [6, 6.07) is 9.27. The normalized spacial score (nSPS) is 25.6. The number of hydrogen-bond acceptors (Lipinski definition) is 4. The van der Waals surface area contributed by atoms with Gasteiger partial charge in [0, 0.05) is 19.3 Å². The van der Waals surface area contributed by atoms with Crippen LogP contribution in [0.25, 0.3) is 0 Å². The Morgan fingerprint density at radius 3 is 2.55 bits per heavy atom. The van der Waals surface area contributed by atoms with E-state index in [4.69, 9.17) is 9.47 Å². The number of hydrogen-bond donors (Lipinski definition) is 1. The van der Waals surface area contributed by atoms with E-state index in [1.807, 2.05) is 44.2 Å². The SMILES string of the molecule is CC[C@@H]1C[C@@H](CC(=O)C[C@H](O)c2ccccc2)OC(C)(C)O1. The lowest BCUT2D eigenvalue weighted by atomic mass is 9.97. The number of ether oxygens (including phenoxy) is 2. The molecule has 1 fully saturated rings. The Hall–Kier alpha value is -1.23. The molecule has 1 aromatic carbocycles. The monoisotopic (exact) mass is 306 g/mol. The first-order chi connectivity index (χ1) is 10.4. The summed E-state index contributed by atoms with van der Waals surface area (Å²) in [6.07, 6.45) is 1.33. The highest BCUT2D eigenvalue weighted by Gasteiger charge is 2.35. The van der Waals surface area contributed by atoms with Gasteiger partial charge in [-0.15, -0.1) is 0 Å². The van der Waals surface area contributed by atoms with Gasteiger partial charge in [-0.3, -0.25) is 4.79 Å². The number of carbonyl (C=O) groups excluding carboxylic acids is 1. The van der Waals surface area contributed by atoms with E-state index in [9.17, 15) is 9.90 Å². The smallest absolute Gasteiger partial charge is 0.163 e. The third kappa shape index (κ3) is 4.90. The van der Waals surface area contributed by atoms with Gasteiger partial charge in [-0.05, 0) is 25.8 Å². The molecule has 3 atom stereocenters. The highest BCUT2D eigenvalue weighted by molar-refractivity contribution is 5.79. The van der Waals surface area contributed by atoms with Crippen LogP contribution in [-0.4, -0.2) is 28.9 Å². The molecule has 1 saturated heterocycles. The predicted octanol–water partition coefficient (Wildman–Crippen LogP) is 3.39. The Bertz CT molecular complexity index is 483. The molecule has 0 aromatic heterocycles. The van der Waals surface area contributed by atoms with E-state index in [1.54, 1.807) is 0 Å². The number of rotatable bonds is 6. The number of aliphatic hydroxyl groups is 1. The van der Waals surface area contributed by atoms with Gasteiger partial charge >= 0.3 is 0 Å². The standard InChI is InChI=1S/C18H26O4/c1-4-15-12-16(22-18(2,3)21-15)10-14(19)11-17(20)13-8-6-5-7-9-13/h5-9,15-17,20H,4,10-12H2,1-3H3/t15-,16-,17+/m1/s1. The van der Waals surface area contributed by atoms with E-state index in [-0.39, 0.29) is 24.4 Å². The molecule has 0 amide bonds. The molecule has 0 saturated carbocycles. The second-order valence-electron chi connectivity index (χ2n) is 6.40. The van der Waals surface area contributed by atoms with Gasteiger partial charge in [-0.2, -0.15) is 0 Å². The van der Waals surface area contributed by atoms with Crippen molar-refractivity contribution in [3.8, 4) is 0 Å². The molecule has 22 heavy (non-hydrogen) atoms. The van der Waals surface area contributed by atoms with Crippen LogP contribution in [0.1, 0.15) is 58.1 Å². The molecule has 1 aliphatic heterocycles. The highest BCUT2D eigenvalue weighted by atomic mass is 16.7. The number of carbonyl (C=O) groups is 1. The first-order valence-electron chi connectivity index (χ1n) is 8.00. The lowest BCUT2D eigenvalue weighted by Gasteiger charge is -2.40. The lowest BCUT2D eigenvalue weighted by Crippen LogP contribution is -2.45.